The maximum atomic E-state index is 10.5. The Morgan fingerprint density at radius 3 is 2.81 bits per heavy atom. The van der Waals surface area contributed by atoms with E-state index in [0.29, 0.717) is 6.42 Å². The number of carbonyl (C=O) groups is 1. The first kappa shape index (κ1) is 13.5. The molecule has 88 valence electrons. The third-order valence-electron chi connectivity index (χ3n) is 2.23. The minimum absolute atomic E-state index is 0.0995. The number of hydrogen-bond acceptors (Lipinski definition) is 3. The highest BCUT2D eigenvalue weighted by molar-refractivity contribution is 9.10. The largest absolute Gasteiger partial charge is 0.481 e. The van der Waals surface area contributed by atoms with E-state index in [4.69, 9.17) is 10.8 Å². The Morgan fingerprint density at radius 1 is 1.56 bits per heavy atom. The Labute approximate surface area is 108 Å². The number of rotatable bonds is 5. The quantitative estimate of drug-likeness (QED) is 0.821. The van der Waals surface area contributed by atoms with Crippen molar-refractivity contribution in [2.24, 2.45) is 5.73 Å². The van der Waals surface area contributed by atoms with Crippen LogP contribution in [0, 0.1) is 0 Å². The molecule has 0 aliphatic rings. The lowest BCUT2D eigenvalue weighted by atomic mass is 10.0. The maximum absolute atomic E-state index is 10.5. The van der Waals surface area contributed by atoms with Crippen LogP contribution < -0.4 is 5.73 Å². The van der Waals surface area contributed by atoms with Gasteiger partial charge in [0.2, 0.25) is 0 Å². The van der Waals surface area contributed by atoms with Crippen molar-refractivity contribution in [1.29, 1.82) is 0 Å². The second-order valence-electron chi connectivity index (χ2n) is 3.46. The summed E-state index contributed by atoms with van der Waals surface area (Å²) in [5.74, 6) is -0.810. The molecule has 1 unspecified atom stereocenters. The average molecular weight is 304 g/mol. The molecule has 0 radical (unpaired) electrons. The molecule has 1 aromatic carbocycles. The van der Waals surface area contributed by atoms with Crippen LogP contribution in [-0.2, 0) is 4.79 Å². The van der Waals surface area contributed by atoms with Crippen molar-refractivity contribution in [2.45, 2.75) is 23.8 Å². The molecule has 0 aliphatic heterocycles. The molecule has 3 N–H and O–H groups in total. The van der Waals surface area contributed by atoms with Gasteiger partial charge in [0.05, 0.1) is 0 Å². The maximum Gasteiger partial charge on any atom is 0.303 e. The van der Waals surface area contributed by atoms with Crippen molar-refractivity contribution in [3.8, 4) is 0 Å². The summed E-state index contributed by atoms with van der Waals surface area (Å²) in [5.41, 5.74) is 6.91. The molecule has 1 aromatic rings. The molecule has 0 amide bonds. The van der Waals surface area contributed by atoms with Crippen molar-refractivity contribution in [1.82, 2.24) is 0 Å². The normalized spacial score (nSPS) is 12.4. The predicted octanol–water partition coefficient (Wildman–Crippen LogP) is 3.04. The number of nitrogens with two attached hydrogens (primary N) is 1. The molecule has 0 heterocycles. The molecular weight excluding hydrogens is 290 g/mol. The van der Waals surface area contributed by atoms with Gasteiger partial charge < -0.3 is 10.8 Å². The van der Waals surface area contributed by atoms with Gasteiger partial charge >= 0.3 is 5.97 Å². The van der Waals surface area contributed by atoms with E-state index < -0.39 is 5.97 Å². The zero-order valence-corrected chi connectivity index (χ0v) is 11.3. The Balaban J connectivity index is 2.77. The van der Waals surface area contributed by atoms with Gasteiger partial charge in [0, 0.05) is 21.8 Å². The third-order valence-corrected chi connectivity index (χ3v) is 3.39. The van der Waals surface area contributed by atoms with Gasteiger partial charge in [-0.15, -0.1) is 11.8 Å². The zero-order chi connectivity index (χ0) is 12.1. The van der Waals surface area contributed by atoms with Crippen LogP contribution in [0.5, 0.6) is 0 Å². The fourth-order valence-electron chi connectivity index (χ4n) is 1.36. The van der Waals surface area contributed by atoms with Crippen LogP contribution in [0.25, 0.3) is 0 Å². The molecule has 0 saturated carbocycles. The second kappa shape index (κ2) is 6.27. The number of aliphatic carboxylic acids is 1. The van der Waals surface area contributed by atoms with Crippen molar-refractivity contribution in [3.05, 3.63) is 28.2 Å². The molecule has 0 fully saturated rings. The molecule has 5 heteroatoms. The van der Waals surface area contributed by atoms with Crippen LogP contribution in [0.3, 0.4) is 0 Å². The molecule has 0 spiro atoms. The molecule has 0 saturated heterocycles. The van der Waals surface area contributed by atoms with Crippen LogP contribution in [0.4, 0.5) is 0 Å². The van der Waals surface area contributed by atoms with Gasteiger partial charge in [0.1, 0.15) is 0 Å². The number of carboxylic acid groups (broad SMARTS) is 1. The number of benzene rings is 1. The fraction of sp³-hybridized carbons (Fsp3) is 0.364. The summed E-state index contributed by atoms with van der Waals surface area (Å²) < 4.78 is 0.972. The van der Waals surface area contributed by atoms with Gasteiger partial charge in [-0.1, -0.05) is 15.9 Å². The van der Waals surface area contributed by atoms with Gasteiger partial charge in [-0.3, -0.25) is 4.79 Å². The van der Waals surface area contributed by atoms with Gasteiger partial charge in [-0.05, 0) is 36.4 Å². The van der Waals surface area contributed by atoms with E-state index in [2.05, 4.69) is 15.9 Å². The number of thioether (sulfide) groups is 1. The highest BCUT2D eigenvalue weighted by Gasteiger charge is 2.10. The molecule has 0 bridgehead atoms. The summed E-state index contributed by atoms with van der Waals surface area (Å²) in [6.45, 7) is 0. The van der Waals surface area contributed by atoms with Crippen LogP contribution in [0.2, 0.25) is 0 Å². The van der Waals surface area contributed by atoms with E-state index in [1.54, 1.807) is 11.8 Å². The number of carboxylic acids is 1. The van der Waals surface area contributed by atoms with Gasteiger partial charge in [-0.2, -0.15) is 0 Å². The summed E-state index contributed by atoms with van der Waals surface area (Å²) in [7, 11) is 0. The lowest BCUT2D eigenvalue weighted by Gasteiger charge is -2.12. The van der Waals surface area contributed by atoms with Crippen LogP contribution in [0.15, 0.2) is 27.6 Å². The van der Waals surface area contributed by atoms with E-state index >= 15 is 0 Å². The predicted molar refractivity (Wildman–Crippen MR) is 69.7 cm³/mol. The summed E-state index contributed by atoms with van der Waals surface area (Å²) in [6, 6.07) is 5.73. The smallest absolute Gasteiger partial charge is 0.303 e. The highest BCUT2D eigenvalue weighted by Crippen LogP contribution is 2.26. The number of hydrogen-bond donors (Lipinski definition) is 2. The lowest BCUT2D eigenvalue weighted by Crippen LogP contribution is -2.12. The Morgan fingerprint density at radius 2 is 2.25 bits per heavy atom. The highest BCUT2D eigenvalue weighted by atomic mass is 79.9. The van der Waals surface area contributed by atoms with Crippen molar-refractivity contribution >= 4 is 33.7 Å². The first-order valence-electron chi connectivity index (χ1n) is 4.84. The fourth-order valence-corrected chi connectivity index (χ4v) is 2.52. The molecule has 16 heavy (non-hydrogen) atoms. The topological polar surface area (TPSA) is 63.3 Å². The van der Waals surface area contributed by atoms with E-state index in [1.807, 2.05) is 24.5 Å². The molecule has 1 rings (SSSR count). The molecular formula is C11H14BrNO2S. The van der Waals surface area contributed by atoms with Crippen LogP contribution >= 0.6 is 27.7 Å². The lowest BCUT2D eigenvalue weighted by molar-refractivity contribution is -0.137. The zero-order valence-electron chi connectivity index (χ0n) is 8.94. The van der Waals surface area contributed by atoms with E-state index in [1.165, 1.54) is 0 Å². The monoisotopic (exact) mass is 303 g/mol. The van der Waals surface area contributed by atoms with Crippen LogP contribution in [0.1, 0.15) is 24.4 Å². The van der Waals surface area contributed by atoms with E-state index in [9.17, 15) is 4.79 Å². The van der Waals surface area contributed by atoms with Crippen molar-refractivity contribution < 1.29 is 9.90 Å². The second-order valence-corrected chi connectivity index (χ2v) is 5.26. The SMILES string of the molecule is CSc1cc(Br)cc(C(N)CCC(=O)O)c1. The molecule has 0 aliphatic carbocycles. The molecule has 1 atom stereocenters. The van der Waals surface area contributed by atoms with E-state index in [0.717, 1.165) is 14.9 Å². The summed E-state index contributed by atoms with van der Waals surface area (Å²) in [5, 5.41) is 8.60. The minimum Gasteiger partial charge on any atom is -0.481 e. The van der Waals surface area contributed by atoms with Gasteiger partial charge in [-0.25, -0.2) is 0 Å². The number of halogens is 1. The van der Waals surface area contributed by atoms with Gasteiger partial charge in [0.15, 0.2) is 0 Å². The third kappa shape index (κ3) is 4.15. The standard InChI is InChI=1S/C11H14BrNO2S/c1-16-9-5-7(4-8(12)6-9)10(13)2-3-11(14)15/h4-6,10H,2-3,13H2,1H3,(H,14,15). The molecule has 0 aromatic heterocycles. The van der Waals surface area contributed by atoms with Crippen molar-refractivity contribution in [3.63, 3.8) is 0 Å². The Bertz CT molecular complexity index is 384. The first-order valence-corrected chi connectivity index (χ1v) is 6.86. The Hall–Kier alpha value is -0.520. The minimum atomic E-state index is -0.810. The Kier molecular flexibility index (Phi) is 5.31. The van der Waals surface area contributed by atoms with Crippen molar-refractivity contribution in [2.75, 3.05) is 6.26 Å². The van der Waals surface area contributed by atoms with Gasteiger partial charge in [0.25, 0.3) is 0 Å². The average Bonchev–Trinajstić information content (AvgIpc) is 2.24. The summed E-state index contributed by atoms with van der Waals surface area (Å²) >= 11 is 5.05. The first-order chi connectivity index (χ1) is 7.52. The molecule has 3 nitrogen and oxygen atoms in total. The summed E-state index contributed by atoms with van der Waals surface area (Å²) in [6.07, 6.45) is 2.55. The summed E-state index contributed by atoms with van der Waals surface area (Å²) in [4.78, 5) is 11.6. The van der Waals surface area contributed by atoms with Crippen LogP contribution in [-0.4, -0.2) is 17.3 Å². The van der Waals surface area contributed by atoms with E-state index in [-0.39, 0.29) is 12.5 Å².